The summed E-state index contributed by atoms with van der Waals surface area (Å²) in [6, 6.07) is 8.54. The molecule has 2 aliphatic rings. The molecule has 8 nitrogen and oxygen atoms in total. The van der Waals surface area contributed by atoms with Gasteiger partial charge < -0.3 is 14.2 Å². The van der Waals surface area contributed by atoms with Crippen LogP contribution in [0.5, 0.6) is 5.75 Å². The van der Waals surface area contributed by atoms with E-state index >= 15 is 0 Å². The molecule has 3 heterocycles. The number of carbonyl (C=O) groups is 1. The first kappa shape index (κ1) is 22.8. The van der Waals surface area contributed by atoms with Crippen molar-refractivity contribution in [1.82, 2.24) is 20.0 Å². The summed E-state index contributed by atoms with van der Waals surface area (Å²) < 4.78 is 15.7. The summed E-state index contributed by atoms with van der Waals surface area (Å²) in [4.78, 5) is 16.9. The zero-order valence-corrected chi connectivity index (χ0v) is 19.1. The van der Waals surface area contributed by atoms with Gasteiger partial charge in [-0.25, -0.2) is 0 Å². The van der Waals surface area contributed by atoms with Gasteiger partial charge in [0, 0.05) is 49.8 Å². The van der Waals surface area contributed by atoms with Gasteiger partial charge in [0.15, 0.2) is 0 Å². The number of methoxy groups -OCH3 is 2. The predicted molar refractivity (Wildman–Crippen MR) is 121 cm³/mol. The molecule has 2 fully saturated rings. The van der Waals surface area contributed by atoms with Crippen molar-refractivity contribution >= 4 is 5.97 Å². The molecule has 0 radical (unpaired) electrons. The number of hydrogen-bond donors (Lipinski definition) is 1. The van der Waals surface area contributed by atoms with Crippen LogP contribution in [0.3, 0.4) is 0 Å². The summed E-state index contributed by atoms with van der Waals surface area (Å²) in [6.07, 6.45) is 4.35. The second kappa shape index (κ2) is 10.9. The van der Waals surface area contributed by atoms with E-state index in [4.69, 9.17) is 14.2 Å². The second-order valence-corrected chi connectivity index (χ2v) is 8.61. The number of aromatic nitrogens is 2. The number of esters is 1. The van der Waals surface area contributed by atoms with Crippen LogP contribution >= 0.6 is 0 Å². The Balaban J connectivity index is 1.44. The molecule has 2 saturated heterocycles. The zero-order valence-electron chi connectivity index (χ0n) is 19.1. The molecule has 1 aromatic heterocycles. The van der Waals surface area contributed by atoms with Crippen molar-refractivity contribution < 1.29 is 19.0 Å². The van der Waals surface area contributed by atoms with Crippen molar-refractivity contribution in [2.45, 2.75) is 31.8 Å². The molecule has 8 heteroatoms. The Kier molecular flexibility index (Phi) is 7.78. The van der Waals surface area contributed by atoms with Crippen molar-refractivity contribution in [2.24, 2.45) is 5.92 Å². The normalized spacial score (nSPS) is 22.6. The molecule has 0 saturated carbocycles. The summed E-state index contributed by atoms with van der Waals surface area (Å²) in [6.45, 7) is 6.37. The molecule has 2 aromatic rings. The highest BCUT2D eigenvalue weighted by atomic mass is 16.5. The van der Waals surface area contributed by atoms with Crippen molar-refractivity contribution in [2.75, 3.05) is 53.6 Å². The Morgan fingerprint density at radius 2 is 1.97 bits per heavy atom. The Morgan fingerprint density at radius 3 is 2.69 bits per heavy atom. The molecule has 0 amide bonds. The van der Waals surface area contributed by atoms with Crippen LogP contribution in [0.4, 0.5) is 0 Å². The third-order valence-electron chi connectivity index (χ3n) is 6.73. The molecular weight excluding hydrogens is 408 g/mol. The third-order valence-corrected chi connectivity index (χ3v) is 6.73. The largest absolute Gasteiger partial charge is 0.497 e. The van der Waals surface area contributed by atoms with Gasteiger partial charge in [0.25, 0.3) is 0 Å². The van der Waals surface area contributed by atoms with Gasteiger partial charge in [0.1, 0.15) is 5.75 Å². The van der Waals surface area contributed by atoms with Crippen molar-refractivity contribution in [1.29, 1.82) is 0 Å². The first-order chi connectivity index (χ1) is 15.7. The van der Waals surface area contributed by atoms with Crippen LogP contribution in [0.2, 0.25) is 0 Å². The van der Waals surface area contributed by atoms with E-state index < -0.39 is 0 Å². The summed E-state index contributed by atoms with van der Waals surface area (Å²) >= 11 is 0. The topological polar surface area (TPSA) is 79.9 Å². The van der Waals surface area contributed by atoms with Gasteiger partial charge in [-0.2, -0.15) is 5.10 Å². The highest BCUT2D eigenvalue weighted by molar-refractivity contribution is 5.69. The average molecular weight is 443 g/mol. The minimum atomic E-state index is -0.125. The molecule has 0 spiro atoms. The van der Waals surface area contributed by atoms with Gasteiger partial charge in [-0.3, -0.25) is 19.7 Å². The highest BCUT2D eigenvalue weighted by Gasteiger charge is 2.34. The lowest BCUT2D eigenvalue weighted by atomic mass is 9.86. The zero-order chi connectivity index (χ0) is 22.3. The minimum absolute atomic E-state index is 0.125. The van der Waals surface area contributed by atoms with Gasteiger partial charge in [0.2, 0.25) is 0 Å². The number of nitrogens with one attached hydrogen (secondary N) is 1. The van der Waals surface area contributed by atoms with Gasteiger partial charge >= 0.3 is 5.97 Å². The van der Waals surface area contributed by atoms with E-state index in [9.17, 15) is 4.79 Å². The Hall–Kier alpha value is -2.42. The molecular formula is C24H34N4O4. The fourth-order valence-corrected chi connectivity index (χ4v) is 5.00. The third kappa shape index (κ3) is 5.49. The lowest BCUT2D eigenvalue weighted by molar-refractivity contribution is -0.141. The maximum Gasteiger partial charge on any atom is 0.305 e. The molecule has 2 atom stereocenters. The number of H-pyrrole nitrogens is 1. The smallest absolute Gasteiger partial charge is 0.305 e. The van der Waals surface area contributed by atoms with Crippen LogP contribution < -0.4 is 4.74 Å². The van der Waals surface area contributed by atoms with Crippen molar-refractivity contribution in [3.05, 3.63) is 36.0 Å². The standard InChI is InChI=1S/C24H34N4O4/c1-30-21-6-3-18(4-7-21)24-20(15-25-26-24)17-27-10-9-22(28-11-13-32-14-12-28)19(16-27)5-8-23(29)31-2/h3-4,6-7,15,19,22H,5,8-14,16-17H2,1-2H3,(H,25,26)/t19-,22+/m0/s1. The van der Waals surface area contributed by atoms with E-state index in [-0.39, 0.29) is 5.97 Å². The fraction of sp³-hybridized carbons (Fsp3) is 0.583. The molecule has 4 rings (SSSR count). The van der Waals surface area contributed by atoms with E-state index in [1.54, 1.807) is 7.11 Å². The van der Waals surface area contributed by atoms with E-state index in [1.807, 2.05) is 18.3 Å². The first-order valence-corrected chi connectivity index (χ1v) is 11.5. The lowest BCUT2D eigenvalue weighted by Crippen LogP contribution is -2.53. The number of carbonyl (C=O) groups excluding carboxylic acids is 1. The van der Waals surface area contributed by atoms with Crippen LogP contribution in [-0.4, -0.2) is 85.6 Å². The number of piperidine rings is 1. The van der Waals surface area contributed by atoms with Gasteiger partial charge in [-0.15, -0.1) is 0 Å². The monoisotopic (exact) mass is 442 g/mol. The molecule has 2 aliphatic heterocycles. The quantitative estimate of drug-likeness (QED) is 0.630. The van der Waals surface area contributed by atoms with Crippen molar-refractivity contribution in [3.8, 4) is 17.0 Å². The van der Waals surface area contributed by atoms with Crippen LogP contribution in [0.1, 0.15) is 24.8 Å². The molecule has 174 valence electrons. The number of likely N-dealkylation sites (tertiary alicyclic amines) is 1. The van der Waals surface area contributed by atoms with E-state index in [1.165, 1.54) is 12.7 Å². The van der Waals surface area contributed by atoms with Crippen LogP contribution in [0.15, 0.2) is 30.5 Å². The molecule has 0 aliphatic carbocycles. The van der Waals surface area contributed by atoms with Crippen molar-refractivity contribution in [3.63, 3.8) is 0 Å². The maximum atomic E-state index is 11.8. The molecule has 1 N–H and O–H groups in total. The summed E-state index contributed by atoms with van der Waals surface area (Å²) in [5, 5.41) is 7.49. The maximum absolute atomic E-state index is 11.8. The average Bonchev–Trinajstić information content (AvgIpc) is 3.31. The number of rotatable bonds is 8. The number of aromatic amines is 1. The van der Waals surface area contributed by atoms with E-state index in [0.29, 0.717) is 18.4 Å². The highest BCUT2D eigenvalue weighted by Crippen LogP contribution is 2.30. The van der Waals surface area contributed by atoms with Gasteiger partial charge in [-0.05, 0) is 49.6 Å². The number of benzene rings is 1. The molecule has 0 unspecified atom stereocenters. The van der Waals surface area contributed by atoms with Gasteiger partial charge in [0.05, 0.1) is 39.3 Å². The van der Waals surface area contributed by atoms with Crippen LogP contribution in [0, 0.1) is 5.92 Å². The van der Waals surface area contributed by atoms with Gasteiger partial charge in [-0.1, -0.05) is 0 Å². The first-order valence-electron chi connectivity index (χ1n) is 11.5. The number of nitrogens with zero attached hydrogens (tertiary/aromatic N) is 3. The van der Waals surface area contributed by atoms with E-state index in [0.717, 1.165) is 75.8 Å². The Morgan fingerprint density at radius 1 is 1.19 bits per heavy atom. The summed E-state index contributed by atoms with van der Waals surface area (Å²) in [5.41, 5.74) is 3.34. The van der Waals surface area contributed by atoms with E-state index in [2.05, 4.69) is 32.1 Å². The molecule has 1 aromatic carbocycles. The minimum Gasteiger partial charge on any atom is -0.497 e. The second-order valence-electron chi connectivity index (χ2n) is 8.61. The summed E-state index contributed by atoms with van der Waals surface area (Å²) in [7, 11) is 3.14. The molecule has 32 heavy (non-hydrogen) atoms. The summed E-state index contributed by atoms with van der Waals surface area (Å²) in [5.74, 6) is 1.14. The lowest BCUT2D eigenvalue weighted by Gasteiger charge is -2.45. The number of morpholine rings is 1. The molecule has 0 bridgehead atoms. The SMILES string of the molecule is COC(=O)CC[C@H]1CN(Cc2cn[nH]c2-c2ccc(OC)cc2)CC[C@H]1N1CCOCC1. The van der Waals surface area contributed by atoms with Crippen LogP contribution in [0.25, 0.3) is 11.3 Å². The number of hydrogen-bond acceptors (Lipinski definition) is 7. The predicted octanol–water partition coefficient (Wildman–Crippen LogP) is 2.56. The van der Waals surface area contributed by atoms with Crippen LogP contribution in [-0.2, 0) is 20.8 Å². The Bertz CT molecular complexity index is 863. The Labute approximate surface area is 189 Å². The fourth-order valence-electron chi connectivity index (χ4n) is 5.00. The number of ether oxygens (including phenoxy) is 3.